The van der Waals surface area contributed by atoms with E-state index < -0.39 is 11.7 Å². The second-order valence-electron chi connectivity index (χ2n) is 2.81. The van der Waals surface area contributed by atoms with Crippen molar-refractivity contribution < 1.29 is 14.9 Å². The molecule has 0 saturated carbocycles. The summed E-state index contributed by atoms with van der Waals surface area (Å²) in [6.07, 6.45) is 1.69. The molecule has 1 heterocycles. The third-order valence-electron chi connectivity index (χ3n) is 1.74. The molecule has 2 N–H and O–H groups in total. The number of aliphatic hydroxyl groups is 2. The molecule has 0 fully saturated rings. The predicted octanol–water partition coefficient (Wildman–Crippen LogP) is 0.0307. The second-order valence-corrected chi connectivity index (χ2v) is 2.81. The molecule has 1 aliphatic rings. The van der Waals surface area contributed by atoms with Gasteiger partial charge in [-0.25, -0.2) is 0 Å². The molecule has 0 aliphatic carbocycles. The molecule has 0 saturated heterocycles. The van der Waals surface area contributed by atoms with Gasteiger partial charge in [0.15, 0.2) is 0 Å². The molecule has 1 aliphatic heterocycles. The summed E-state index contributed by atoms with van der Waals surface area (Å²) in [5.41, 5.74) is -1.14. The molecule has 3 atom stereocenters. The van der Waals surface area contributed by atoms with E-state index in [1.807, 2.05) is 0 Å². The van der Waals surface area contributed by atoms with Crippen LogP contribution in [0.3, 0.4) is 0 Å². The number of hydrogen-bond donors (Lipinski definition) is 2. The van der Waals surface area contributed by atoms with Crippen molar-refractivity contribution in [3.63, 3.8) is 0 Å². The van der Waals surface area contributed by atoms with Gasteiger partial charge in [-0.2, -0.15) is 0 Å². The van der Waals surface area contributed by atoms with Crippen LogP contribution in [0.4, 0.5) is 0 Å². The molecule has 0 aromatic carbocycles. The highest BCUT2D eigenvalue weighted by atomic mass is 16.5. The third kappa shape index (κ3) is 1.15. The summed E-state index contributed by atoms with van der Waals surface area (Å²) in [7, 11) is 0. The second kappa shape index (κ2) is 2.25. The Morgan fingerprint density at radius 1 is 1.60 bits per heavy atom. The van der Waals surface area contributed by atoms with Gasteiger partial charge in [0.1, 0.15) is 17.8 Å². The van der Waals surface area contributed by atoms with Crippen molar-refractivity contribution in [1.29, 1.82) is 0 Å². The van der Waals surface area contributed by atoms with Gasteiger partial charge in [0, 0.05) is 0 Å². The van der Waals surface area contributed by atoms with E-state index >= 15 is 0 Å². The first-order valence-corrected chi connectivity index (χ1v) is 3.27. The maximum absolute atomic E-state index is 9.40. The Morgan fingerprint density at radius 3 is 2.60 bits per heavy atom. The molecular weight excluding hydrogens is 132 g/mol. The van der Waals surface area contributed by atoms with Gasteiger partial charge in [-0.1, -0.05) is 0 Å². The van der Waals surface area contributed by atoms with Gasteiger partial charge in [0.25, 0.3) is 0 Å². The van der Waals surface area contributed by atoms with Gasteiger partial charge in [0.2, 0.25) is 0 Å². The van der Waals surface area contributed by atoms with Crippen molar-refractivity contribution in [2.75, 3.05) is 0 Å². The molecule has 10 heavy (non-hydrogen) atoms. The molecule has 58 valence electrons. The van der Waals surface area contributed by atoms with Crippen LogP contribution in [0.1, 0.15) is 13.8 Å². The Labute approximate surface area is 59.9 Å². The highest BCUT2D eigenvalue weighted by Crippen LogP contribution is 2.21. The molecule has 0 unspecified atom stereocenters. The standard InChI is InChI=1S/C7H12O3/c1-5-6(8)7(2,9)3-4-10-5/h3-6,8-9H,1-2H3/t5-,6-,7-/m0/s1. The molecule has 3 heteroatoms. The zero-order valence-electron chi connectivity index (χ0n) is 6.11. The molecule has 1 rings (SSSR count). The smallest absolute Gasteiger partial charge is 0.124 e. The lowest BCUT2D eigenvalue weighted by Crippen LogP contribution is -2.47. The van der Waals surface area contributed by atoms with Crippen LogP contribution in [0.15, 0.2) is 12.3 Å². The van der Waals surface area contributed by atoms with Crippen molar-refractivity contribution in [3.8, 4) is 0 Å². The van der Waals surface area contributed by atoms with E-state index in [0.29, 0.717) is 0 Å². The van der Waals surface area contributed by atoms with Crippen LogP contribution in [0, 0.1) is 0 Å². The van der Waals surface area contributed by atoms with Crippen LogP contribution in [-0.4, -0.2) is 28.0 Å². The number of aliphatic hydroxyl groups excluding tert-OH is 1. The zero-order chi connectivity index (χ0) is 7.78. The van der Waals surface area contributed by atoms with Gasteiger partial charge in [-0.15, -0.1) is 0 Å². The average Bonchev–Trinajstić information content (AvgIpc) is 1.83. The number of rotatable bonds is 0. The van der Waals surface area contributed by atoms with Crippen molar-refractivity contribution in [2.24, 2.45) is 0 Å². The average molecular weight is 144 g/mol. The number of hydrogen-bond acceptors (Lipinski definition) is 3. The van der Waals surface area contributed by atoms with Crippen molar-refractivity contribution in [3.05, 3.63) is 12.3 Å². The van der Waals surface area contributed by atoms with Gasteiger partial charge in [-0.05, 0) is 19.9 Å². The fourth-order valence-corrected chi connectivity index (χ4v) is 0.949. The normalized spacial score (nSPS) is 46.8. The Hall–Kier alpha value is -0.540. The summed E-state index contributed by atoms with van der Waals surface area (Å²) >= 11 is 0. The Bertz CT molecular complexity index is 151. The highest BCUT2D eigenvalue weighted by molar-refractivity contribution is 5.05. The molecule has 0 amide bonds. The SMILES string of the molecule is C[C@@H]1OC=C[C@](C)(O)[C@H]1O. The Balaban J connectivity index is 2.77. The van der Waals surface area contributed by atoms with Crippen molar-refractivity contribution in [1.82, 2.24) is 0 Å². The van der Waals surface area contributed by atoms with E-state index in [-0.39, 0.29) is 6.10 Å². The maximum atomic E-state index is 9.40. The van der Waals surface area contributed by atoms with Crippen LogP contribution in [0.2, 0.25) is 0 Å². The fourth-order valence-electron chi connectivity index (χ4n) is 0.949. The first-order valence-electron chi connectivity index (χ1n) is 3.27. The zero-order valence-corrected chi connectivity index (χ0v) is 6.11. The lowest BCUT2D eigenvalue weighted by molar-refractivity contribution is -0.103. The summed E-state index contributed by atoms with van der Waals surface area (Å²) in [4.78, 5) is 0. The fraction of sp³-hybridized carbons (Fsp3) is 0.714. The molecule has 3 nitrogen and oxygen atoms in total. The van der Waals surface area contributed by atoms with Crippen LogP contribution in [-0.2, 0) is 4.74 Å². The topological polar surface area (TPSA) is 49.7 Å². The van der Waals surface area contributed by atoms with E-state index in [0.717, 1.165) is 0 Å². The van der Waals surface area contributed by atoms with Gasteiger partial charge in [-0.3, -0.25) is 0 Å². The summed E-state index contributed by atoms with van der Waals surface area (Å²) in [6.45, 7) is 3.26. The lowest BCUT2D eigenvalue weighted by Gasteiger charge is -2.33. The summed E-state index contributed by atoms with van der Waals surface area (Å²) in [5, 5.41) is 18.7. The summed E-state index contributed by atoms with van der Waals surface area (Å²) < 4.78 is 4.94. The molecule has 0 radical (unpaired) electrons. The lowest BCUT2D eigenvalue weighted by atomic mass is 9.94. The maximum Gasteiger partial charge on any atom is 0.124 e. The van der Waals surface area contributed by atoms with Gasteiger partial charge >= 0.3 is 0 Å². The van der Waals surface area contributed by atoms with Crippen LogP contribution >= 0.6 is 0 Å². The molecule has 0 aromatic heterocycles. The third-order valence-corrected chi connectivity index (χ3v) is 1.74. The van der Waals surface area contributed by atoms with E-state index in [9.17, 15) is 10.2 Å². The summed E-state index contributed by atoms with van der Waals surface area (Å²) in [6, 6.07) is 0. The minimum absolute atomic E-state index is 0.333. The van der Waals surface area contributed by atoms with Crippen LogP contribution in [0.5, 0.6) is 0 Å². The molecule has 0 spiro atoms. The van der Waals surface area contributed by atoms with Crippen molar-refractivity contribution >= 4 is 0 Å². The first kappa shape index (κ1) is 7.57. The Kier molecular flexibility index (Phi) is 1.70. The molecular formula is C7H12O3. The van der Waals surface area contributed by atoms with E-state index in [4.69, 9.17) is 4.74 Å². The Morgan fingerprint density at radius 2 is 2.20 bits per heavy atom. The first-order chi connectivity index (χ1) is 4.54. The van der Waals surface area contributed by atoms with E-state index in [1.54, 1.807) is 13.8 Å². The molecule has 0 bridgehead atoms. The minimum Gasteiger partial charge on any atom is -0.496 e. The summed E-state index contributed by atoms with van der Waals surface area (Å²) in [5.74, 6) is 0. The van der Waals surface area contributed by atoms with E-state index in [2.05, 4.69) is 0 Å². The van der Waals surface area contributed by atoms with Crippen LogP contribution in [0.25, 0.3) is 0 Å². The monoisotopic (exact) mass is 144 g/mol. The quantitative estimate of drug-likeness (QED) is 0.504. The van der Waals surface area contributed by atoms with Gasteiger partial charge in [0.05, 0.1) is 6.26 Å². The largest absolute Gasteiger partial charge is 0.496 e. The van der Waals surface area contributed by atoms with Gasteiger partial charge < -0.3 is 14.9 Å². The predicted molar refractivity (Wildman–Crippen MR) is 36.3 cm³/mol. The minimum atomic E-state index is -1.14. The van der Waals surface area contributed by atoms with Crippen LogP contribution < -0.4 is 0 Å². The highest BCUT2D eigenvalue weighted by Gasteiger charge is 2.35. The van der Waals surface area contributed by atoms with E-state index in [1.165, 1.54) is 12.3 Å². The number of ether oxygens (including phenoxy) is 1. The van der Waals surface area contributed by atoms with Crippen molar-refractivity contribution in [2.45, 2.75) is 31.7 Å². The molecule has 0 aromatic rings.